The molecule has 1 aromatic rings. The normalized spacial score (nSPS) is 24.7. The van der Waals surface area contributed by atoms with E-state index in [9.17, 15) is 4.79 Å². The smallest absolute Gasteiger partial charge is 0.252 e. The van der Waals surface area contributed by atoms with E-state index < -0.39 is 5.91 Å². The summed E-state index contributed by atoms with van der Waals surface area (Å²) in [5.41, 5.74) is 6.86. The van der Waals surface area contributed by atoms with Gasteiger partial charge in [-0.15, -0.1) is 0 Å². The van der Waals surface area contributed by atoms with Crippen LogP contribution >= 0.6 is 0 Å². The summed E-state index contributed by atoms with van der Waals surface area (Å²) in [5, 5.41) is 3.49. The number of primary amides is 1. The molecule has 0 radical (unpaired) electrons. The number of anilines is 1. The number of nitrogens with two attached hydrogens (primary N) is 1. The molecule has 25 heavy (non-hydrogen) atoms. The predicted molar refractivity (Wildman–Crippen MR) is 100 cm³/mol. The highest BCUT2D eigenvalue weighted by Crippen LogP contribution is 2.40. The Kier molecular flexibility index (Phi) is 5.92. The van der Waals surface area contributed by atoms with Crippen LogP contribution in [-0.2, 0) is 6.42 Å². The third-order valence-electron chi connectivity index (χ3n) is 6.16. The first-order valence-corrected chi connectivity index (χ1v) is 10.0. The fraction of sp³-hybridized carbons (Fsp3) is 0.750. The zero-order valence-corrected chi connectivity index (χ0v) is 15.6. The predicted octanol–water partition coefficient (Wildman–Crippen LogP) is 3.93. The van der Waals surface area contributed by atoms with Crippen LogP contribution in [0.4, 0.5) is 5.95 Å². The van der Waals surface area contributed by atoms with Crippen LogP contribution in [0.15, 0.2) is 6.20 Å². The van der Waals surface area contributed by atoms with Gasteiger partial charge < -0.3 is 11.1 Å². The topological polar surface area (TPSA) is 80.9 Å². The fourth-order valence-electron chi connectivity index (χ4n) is 4.21. The molecule has 2 aliphatic rings. The van der Waals surface area contributed by atoms with E-state index in [1.54, 1.807) is 6.20 Å². The van der Waals surface area contributed by atoms with Gasteiger partial charge in [0.05, 0.1) is 11.3 Å². The number of nitrogens with one attached hydrogen (secondary N) is 1. The summed E-state index contributed by atoms with van der Waals surface area (Å²) in [6.07, 6.45) is 12.4. The van der Waals surface area contributed by atoms with Gasteiger partial charge in [0.1, 0.15) is 0 Å². The Bertz CT molecular complexity index is 591. The van der Waals surface area contributed by atoms with Crippen LogP contribution in [0.3, 0.4) is 0 Å². The van der Waals surface area contributed by atoms with Crippen molar-refractivity contribution in [1.29, 1.82) is 0 Å². The van der Waals surface area contributed by atoms with Crippen LogP contribution in [0.1, 0.15) is 81.3 Å². The number of rotatable bonds is 8. The van der Waals surface area contributed by atoms with Crippen molar-refractivity contribution in [2.24, 2.45) is 23.5 Å². The molecule has 0 spiro atoms. The molecule has 3 rings (SSSR count). The van der Waals surface area contributed by atoms with Gasteiger partial charge in [0.25, 0.3) is 5.91 Å². The summed E-state index contributed by atoms with van der Waals surface area (Å²) in [6.45, 7) is 4.50. The minimum absolute atomic E-state index is 0.421. The molecule has 0 unspecified atom stereocenters. The zero-order valence-electron chi connectivity index (χ0n) is 15.6. The van der Waals surface area contributed by atoms with Gasteiger partial charge in [-0.1, -0.05) is 26.7 Å². The summed E-state index contributed by atoms with van der Waals surface area (Å²) < 4.78 is 0. The van der Waals surface area contributed by atoms with Crippen molar-refractivity contribution in [2.75, 3.05) is 5.32 Å². The Morgan fingerprint density at radius 2 is 1.96 bits per heavy atom. The lowest BCUT2D eigenvalue weighted by molar-refractivity contribution is 0.0998. The molecule has 0 saturated heterocycles. The van der Waals surface area contributed by atoms with E-state index in [2.05, 4.69) is 24.1 Å². The maximum atomic E-state index is 11.8. The monoisotopic (exact) mass is 344 g/mol. The molecule has 1 heterocycles. The number of hydrogen-bond donors (Lipinski definition) is 2. The molecular formula is C20H32N4O. The molecule has 1 atom stereocenters. The van der Waals surface area contributed by atoms with Crippen LogP contribution in [0.5, 0.6) is 0 Å². The van der Waals surface area contributed by atoms with Gasteiger partial charge in [0.2, 0.25) is 5.95 Å². The molecule has 5 heteroatoms. The molecular weight excluding hydrogens is 312 g/mol. The SMILES string of the molecule is CCC1CCC(Nc2ncc(C(N)=O)c(C[C@H](CC)C3CC3)n2)CC1. The number of carbonyl (C=O) groups is 1. The Labute approximate surface area is 151 Å². The molecule has 2 saturated carbocycles. The first kappa shape index (κ1) is 18.2. The van der Waals surface area contributed by atoms with Crippen molar-refractivity contribution < 1.29 is 4.79 Å². The molecule has 0 aliphatic heterocycles. The summed E-state index contributed by atoms with van der Waals surface area (Å²) >= 11 is 0. The molecule has 2 aliphatic carbocycles. The molecule has 5 nitrogen and oxygen atoms in total. The van der Waals surface area contributed by atoms with Crippen molar-refractivity contribution in [3.63, 3.8) is 0 Å². The van der Waals surface area contributed by atoms with Gasteiger partial charge in [0, 0.05) is 12.2 Å². The molecule has 1 amide bonds. The zero-order chi connectivity index (χ0) is 17.8. The quantitative estimate of drug-likeness (QED) is 0.748. The van der Waals surface area contributed by atoms with Crippen LogP contribution in [-0.4, -0.2) is 21.9 Å². The number of amides is 1. The van der Waals surface area contributed by atoms with Crippen LogP contribution < -0.4 is 11.1 Å². The second-order valence-electron chi connectivity index (χ2n) is 7.90. The second-order valence-corrected chi connectivity index (χ2v) is 7.90. The van der Waals surface area contributed by atoms with Crippen molar-refractivity contribution >= 4 is 11.9 Å². The highest BCUT2D eigenvalue weighted by atomic mass is 16.1. The minimum atomic E-state index is -0.421. The fourth-order valence-corrected chi connectivity index (χ4v) is 4.21. The highest BCUT2D eigenvalue weighted by molar-refractivity contribution is 5.93. The number of aromatic nitrogens is 2. The van der Waals surface area contributed by atoms with Crippen molar-refractivity contribution in [3.05, 3.63) is 17.5 Å². The molecule has 1 aromatic heterocycles. The van der Waals surface area contributed by atoms with E-state index in [0.29, 0.717) is 23.5 Å². The van der Waals surface area contributed by atoms with Gasteiger partial charge in [-0.25, -0.2) is 9.97 Å². The lowest BCUT2D eigenvalue weighted by Crippen LogP contribution is -2.27. The maximum Gasteiger partial charge on any atom is 0.252 e. The van der Waals surface area contributed by atoms with Crippen LogP contribution in [0, 0.1) is 17.8 Å². The van der Waals surface area contributed by atoms with Crippen molar-refractivity contribution in [1.82, 2.24) is 9.97 Å². The molecule has 138 valence electrons. The first-order valence-electron chi connectivity index (χ1n) is 10.0. The number of hydrogen-bond acceptors (Lipinski definition) is 4. The van der Waals surface area contributed by atoms with Crippen LogP contribution in [0.25, 0.3) is 0 Å². The average molecular weight is 345 g/mol. The molecule has 0 bridgehead atoms. The van der Waals surface area contributed by atoms with E-state index in [4.69, 9.17) is 10.7 Å². The lowest BCUT2D eigenvalue weighted by Gasteiger charge is -2.28. The minimum Gasteiger partial charge on any atom is -0.365 e. The Morgan fingerprint density at radius 3 is 2.52 bits per heavy atom. The first-order chi connectivity index (χ1) is 12.1. The van der Waals surface area contributed by atoms with E-state index in [1.807, 2.05) is 0 Å². The third-order valence-corrected chi connectivity index (χ3v) is 6.16. The lowest BCUT2D eigenvalue weighted by atomic mass is 9.84. The average Bonchev–Trinajstić information content (AvgIpc) is 3.45. The van der Waals surface area contributed by atoms with E-state index in [-0.39, 0.29) is 0 Å². The summed E-state index contributed by atoms with van der Waals surface area (Å²) in [6, 6.07) is 0.445. The van der Waals surface area contributed by atoms with E-state index >= 15 is 0 Å². The molecule has 0 aromatic carbocycles. The van der Waals surface area contributed by atoms with Gasteiger partial charge in [-0.2, -0.15) is 0 Å². The van der Waals surface area contributed by atoms with E-state index in [1.165, 1.54) is 44.9 Å². The maximum absolute atomic E-state index is 11.8. The van der Waals surface area contributed by atoms with Crippen LogP contribution in [0.2, 0.25) is 0 Å². The number of nitrogens with zero attached hydrogens (tertiary/aromatic N) is 2. The standard InChI is InChI=1S/C20H32N4O/c1-3-13-5-9-16(10-6-13)23-20-22-12-17(19(21)25)18(24-20)11-14(4-2)15-7-8-15/h12-16H,3-11H2,1-2H3,(H2,21,25)(H,22,23,24)/t13?,14-,16?/m0/s1. The molecule has 2 fully saturated rings. The summed E-state index contributed by atoms with van der Waals surface area (Å²) in [5.74, 6) is 2.50. The molecule has 3 N–H and O–H groups in total. The second kappa shape index (κ2) is 8.15. The van der Waals surface area contributed by atoms with Crippen molar-refractivity contribution in [3.8, 4) is 0 Å². The summed E-state index contributed by atoms with van der Waals surface area (Å²) in [4.78, 5) is 20.8. The third kappa shape index (κ3) is 4.71. The summed E-state index contributed by atoms with van der Waals surface area (Å²) in [7, 11) is 0. The van der Waals surface area contributed by atoms with Gasteiger partial charge in [0.15, 0.2) is 0 Å². The number of carbonyl (C=O) groups excluding carboxylic acids is 1. The van der Waals surface area contributed by atoms with Gasteiger partial charge in [-0.05, 0) is 62.7 Å². The van der Waals surface area contributed by atoms with Gasteiger partial charge in [-0.3, -0.25) is 4.79 Å². The Hall–Kier alpha value is -1.65. The van der Waals surface area contributed by atoms with Crippen molar-refractivity contribution in [2.45, 2.75) is 77.7 Å². The Balaban J connectivity index is 1.70. The largest absolute Gasteiger partial charge is 0.365 e. The highest BCUT2D eigenvalue weighted by Gasteiger charge is 2.31. The van der Waals surface area contributed by atoms with E-state index in [0.717, 1.165) is 30.4 Å². The Morgan fingerprint density at radius 1 is 1.24 bits per heavy atom. The van der Waals surface area contributed by atoms with Gasteiger partial charge >= 0.3 is 0 Å².